The maximum Gasteiger partial charge on any atom is 0.243 e. The van der Waals surface area contributed by atoms with Crippen molar-refractivity contribution < 1.29 is 4.79 Å². The predicted molar refractivity (Wildman–Crippen MR) is 37.5 cm³/mol. The van der Waals surface area contributed by atoms with Crippen LogP contribution in [0.2, 0.25) is 0 Å². The largest absolute Gasteiger partial charge is 0.366 e. The minimum absolute atomic E-state index is 0. The Bertz CT molecular complexity index is 74.5. The number of primary amides is 1. The maximum atomic E-state index is 9.82. The van der Waals surface area contributed by atoms with Crippen LogP contribution in [0.4, 0.5) is 0 Å². The first-order chi connectivity index (χ1) is 2.64. The average molecular weight is 117 g/mol. The van der Waals surface area contributed by atoms with Crippen molar-refractivity contribution in [2.75, 3.05) is 0 Å². The minimum Gasteiger partial charge on any atom is -0.366 e. The third-order valence-corrected chi connectivity index (χ3v) is 0.421. The molecule has 0 bridgehead atoms. The molecular formula is C6H15NO. The van der Waals surface area contributed by atoms with E-state index in [-0.39, 0.29) is 14.9 Å². The van der Waals surface area contributed by atoms with Crippen molar-refractivity contribution >= 4 is 5.91 Å². The van der Waals surface area contributed by atoms with Crippen molar-refractivity contribution in [1.29, 1.82) is 0 Å². The second kappa shape index (κ2) is 6.21. The highest BCUT2D eigenvalue weighted by molar-refractivity contribution is 5.90. The molecule has 0 fully saturated rings. The summed E-state index contributed by atoms with van der Waals surface area (Å²) in [6.07, 6.45) is 0. The summed E-state index contributed by atoms with van der Waals surface area (Å²) in [6.45, 7) is 4.85. The molecule has 0 aromatic carbocycles. The summed E-state index contributed by atoms with van der Waals surface area (Å²) in [5.74, 6) is -0.435. The Morgan fingerprint density at radius 3 is 1.62 bits per heavy atom. The Morgan fingerprint density at radius 1 is 1.50 bits per heavy atom. The third kappa shape index (κ3) is 8.96. The zero-order valence-electron chi connectivity index (χ0n) is 3.69. The molecule has 0 aliphatic carbocycles. The van der Waals surface area contributed by atoms with E-state index in [9.17, 15) is 4.79 Å². The van der Waals surface area contributed by atoms with Crippen LogP contribution in [0.1, 0.15) is 21.8 Å². The fourth-order valence-corrected chi connectivity index (χ4v) is 0. The van der Waals surface area contributed by atoms with Gasteiger partial charge < -0.3 is 5.73 Å². The fraction of sp³-hybridized carbons (Fsp3) is 0.500. The number of amides is 1. The number of hydrogen-bond acceptors (Lipinski definition) is 1. The summed E-state index contributed by atoms with van der Waals surface area (Å²) in [6, 6.07) is 0. The lowest BCUT2D eigenvalue weighted by Gasteiger charge is -1.81. The SMILES string of the molecule is C.C.C=C(C)C(N)=O. The molecule has 1 amide bonds. The normalized spacial score (nSPS) is 5.62. The van der Waals surface area contributed by atoms with Crippen LogP contribution in [0, 0.1) is 0 Å². The molecule has 2 N–H and O–H groups in total. The first-order valence-electron chi connectivity index (χ1n) is 1.60. The van der Waals surface area contributed by atoms with Gasteiger partial charge in [-0.25, -0.2) is 0 Å². The van der Waals surface area contributed by atoms with Crippen molar-refractivity contribution in [3.63, 3.8) is 0 Å². The summed E-state index contributed by atoms with van der Waals surface area (Å²) in [4.78, 5) is 9.82. The number of rotatable bonds is 1. The van der Waals surface area contributed by atoms with E-state index in [1.165, 1.54) is 0 Å². The predicted octanol–water partition coefficient (Wildman–Crippen LogP) is 1.32. The molecule has 0 saturated carbocycles. The molecule has 8 heavy (non-hydrogen) atoms. The van der Waals surface area contributed by atoms with Crippen molar-refractivity contribution in [1.82, 2.24) is 0 Å². The quantitative estimate of drug-likeness (QED) is 0.517. The molecule has 0 atom stereocenters. The molecule has 50 valence electrons. The molecule has 0 aromatic heterocycles. The van der Waals surface area contributed by atoms with E-state index >= 15 is 0 Å². The second-order valence-corrected chi connectivity index (χ2v) is 1.14. The number of nitrogens with two attached hydrogens (primary N) is 1. The Balaban J connectivity index is -0.000000125. The second-order valence-electron chi connectivity index (χ2n) is 1.14. The van der Waals surface area contributed by atoms with Gasteiger partial charge in [0.2, 0.25) is 5.91 Å². The van der Waals surface area contributed by atoms with Gasteiger partial charge in [0, 0.05) is 5.57 Å². The molecule has 0 spiro atoms. The molecule has 0 unspecified atom stereocenters. The summed E-state index contributed by atoms with van der Waals surface area (Å²) in [5, 5.41) is 0. The Kier molecular flexibility index (Phi) is 12.2. The molecule has 0 aliphatic heterocycles. The van der Waals surface area contributed by atoms with Gasteiger partial charge >= 0.3 is 0 Å². The molecule has 0 aromatic rings. The number of carbonyl (C=O) groups excluding carboxylic acids is 1. The first-order valence-corrected chi connectivity index (χ1v) is 1.60. The summed E-state index contributed by atoms with van der Waals surface area (Å²) in [7, 11) is 0. The smallest absolute Gasteiger partial charge is 0.243 e. The summed E-state index contributed by atoms with van der Waals surface area (Å²) < 4.78 is 0. The van der Waals surface area contributed by atoms with Crippen LogP contribution in [0.5, 0.6) is 0 Å². The highest BCUT2D eigenvalue weighted by Crippen LogP contribution is 1.78. The van der Waals surface area contributed by atoms with E-state index in [0.29, 0.717) is 5.57 Å². The number of carbonyl (C=O) groups is 1. The molecule has 2 heteroatoms. The molecule has 0 saturated heterocycles. The van der Waals surface area contributed by atoms with Gasteiger partial charge in [0.05, 0.1) is 0 Å². The van der Waals surface area contributed by atoms with Crippen LogP contribution >= 0.6 is 0 Å². The summed E-state index contributed by atoms with van der Waals surface area (Å²) >= 11 is 0. The Hall–Kier alpha value is -0.790. The van der Waals surface area contributed by atoms with Crippen molar-refractivity contribution in [2.45, 2.75) is 21.8 Å². The van der Waals surface area contributed by atoms with Gasteiger partial charge in [0.1, 0.15) is 0 Å². The van der Waals surface area contributed by atoms with Crippen LogP contribution in [0.3, 0.4) is 0 Å². The van der Waals surface area contributed by atoms with Crippen molar-refractivity contribution in [3.8, 4) is 0 Å². The van der Waals surface area contributed by atoms with Crippen LogP contribution in [-0.2, 0) is 4.79 Å². The van der Waals surface area contributed by atoms with Crippen LogP contribution in [0.25, 0.3) is 0 Å². The van der Waals surface area contributed by atoms with Crippen molar-refractivity contribution in [2.24, 2.45) is 5.73 Å². The lowest BCUT2D eigenvalue weighted by atomic mass is 10.3. The highest BCUT2D eigenvalue weighted by Gasteiger charge is 1.86. The molecule has 0 rings (SSSR count). The van der Waals surface area contributed by atoms with Crippen molar-refractivity contribution in [3.05, 3.63) is 12.2 Å². The Labute approximate surface area is 51.4 Å². The van der Waals surface area contributed by atoms with E-state index in [4.69, 9.17) is 5.73 Å². The zero-order chi connectivity index (χ0) is 5.15. The molecule has 0 radical (unpaired) electrons. The lowest BCUT2D eigenvalue weighted by molar-refractivity contribution is -0.114. The summed E-state index contributed by atoms with van der Waals surface area (Å²) in [5.41, 5.74) is 5.09. The van der Waals surface area contributed by atoms with E-state index in [1.807, 2.05) is 0 Å². The molecule has 0 heterocycles. The maximum absolute atomic E-state index is 9.82. The van der Waals surface area contributed by atoms with Gasteiger partial charge in [0.25, 0.3) is 0 Å². The molecular weight excluding hydrogens is 102 g/mol. The van der Waals surface area contributed by atoms with Gasteiger partial charge in [-0.1, -0.05) is 21.4 Å². The molecule has 0 aliphatic rings. The van der Waals surface area contributed by atoms with Gasteiger partial charge in [-0.3, -0.25) is 4.79 Å². The van der Waals surface area contributed by atoms with E-state index in [0.717, 1.165) is 0 Å². The molecule has 2 nitrogen and oxygen atoms in total. The van der Waals surface area contributed by atoms with E-state index in [2.05, 4.69) is 6.58 Å². The minimum atomic E-state index is -0.435. The van der Waals surface area contributed by atoms with Crippen LogP contribution < -0.4 is 5.73 Å². The zero-order valence-corrected chi connectivity index (χ0v) is 3.69. The highest BCUT2D eigenvalue weighted by atomic mass is 16.1. The van der Waals surface area contributed by atoms with Gasteiger partial charge in [-0.2, -0.15) is 0 Å². The number of hydrogen-bond donors (Lipinski definition) is 1. The van der Waals surface area contributed by atoms with Gasteiger partial charge in [0.15, 0.2) is 0 Å². The fourth-order valence-electron chi connectivity index (χ4n) is 0. The standard InChI is InChI=1S/C4H7NO.2CH4/c1-3(2)4(5)6;;/h1H2,2H3,(H2,5,6);2*1H4. The van der Waals surface area contributed by atoms with Gasteiger partial charge in [-0.05, 0) is 6.92 Å². The Morgan fingerprint density at radius 2 is 1.62 bits per heavy atom. The average Bonchev–Trinajstić information content (AvgIpc) is 1.36. The first kappa shape index (κ1) is 15.7. The van der Waals surface area contributed by atoms with Crippen LogP contribution in [0.15, 0.2) is 12.2 Å². The topological polar surface area (TPSA) is 43.1 Å². The monoisotopic (exact) mass is 117 g/mol. The van der Waals surface area contributed by atoms with E-state index < -0.39 is 5.91 Å². The third-order valence-electron chi connectivity index (χ3n) is 0.421. The van der Waals surface area contributed by atoms with E-state index in [1.54, 1.807) is 6.92 Å². The van der Waals surface area contributed by atoms with Crippen LogP contribution in [-0.4, -0.2) is 5.91 Å². The lowest BCUT2D eigenvalue weighted by Crippen LogP contribution is -2.10. The van der Waals surface area contributed by atoms with Gasteiger partial charge in [-0.15, -0.1) is 0 Å².